The van der Waals surface area contributed by atoms with Crippen LogP contribution in [0.25, 0.3) is 0 Å². The van der Waals surface area contributed by atoms with Crippen LogP contribution >= 0.6 is 0 Å². The second kappa shape index (κ2) is 8.60. The second-order valence-corrected chi connectivity index (χ2v) is 6.14. The van der Waals surface area contributed by atoms with E-state index in [9.17, 15) is 4.79 Å². The van der Waals surface area contributed by atoms with Crippen LogP contribution in [-0.4, -0.2) is 55.2 Å². The van der Waals surface area contributed by atoms with E-state index in [1.54, 1.807) is 24.5 Å². The van der Waals surface area contributed by atoms with Gasteiger partial charge in [-0.05, 0) is 31.3 Å². The van der Waals surface area contributed by atoms with Crippen LogP contribution in [0.2, 0.25) is 0 Å². The Morgan fingerprint density at radius 3 is 3.12 bits per heavy atom. The minimum absolute atomic E-state index is 0.0349. The van der Waals surface area contributed by atoms with Gasteiger partial charge in [0.2, 0.25) is 0 Å². The Bertz CT molecular complexity index is 693. The highest BCUT2D eigenvalue weighted by Gasteiger charge is 2.18. The standard InChI is InChI=1S/C19H23N3O3/c1-22-8-9-24-18(13-22)12-21-19(23)16-5-2-6-17(10-16)25-14-15-4-3-7-20-11-15/h2-7,10-11,18H,8-9,12-14H2,1H3,(H,21,23). The summed E-state index contributed by atoms with van der Waals surface area (Å²) in [5.41, 5.74) is 1.56. The predicted octanol–water partition coefficient (Wildman–Crippen LogP) is 1.72. The van der Waals surface area contributed by atoms with Crippen molar-refractivity contribution < 1.29 is 14.3 Å². The SMILES string of the molecule is CN1CCOC(CNC(=O)c2cccc(OCc3cccnc3)c2)C1. The molecule has 1 atom stereocenters. The molecule has 1 aliphatic heterocycles. The third kappa shape index (κ3) is 5.27. The fourth-order valence-corrected chi connectivity index (χ4v) is 2.68. The van der Waals surface area contributed by atoms with Gasteiger partial charge in [0.1, 0.15) is 12.4 Å². The fraction of sp³-hybridized carbons (Fsp3) is 0.368. The van der Waals surface area contributed by atoms with Crippen LogP contribution in [0.4, 0.5) is 0 Å². The minimum Gasteiger partial charge on any atom is -0.489 e. The number of morpholine rings is 1. The van der Waals surface area contributed by atoms with Gasteiger partial charge in [-0.15, -0.1) is 0 Å². The van der Waals surface area contributed by atoms with Crippen molar-refractivity contribution >= 4 is 5.91 Å². The first-order valence-corrected chi connectivity index (χ1v) is 8.41. The molecule has 3 rings (SSSR count). The lowest BCUT2D eigenvalue weighted by Crippen LogP contribution is -2.45. The van der Waals surface area contributed by atoms with E-state index in [1.165, 1.54) is 0 Å². The third-order valence-corrected chi connectivity index (χ3v) is 4.06. The van der Waals surface area contributed by atoms with E-state index in [4.69, 9.17) is 9.47 Å². The van der Waals surface area contributed by atoms with Crippen LogP contribution in [0.1, 0.15) is 15.9 Å². The van der Waals surface area contributed by atoms with E-state index >= 15 is 0 Å². The van der Waals surface area contributed by atoms with Gasteiger partial charge < -0.3 is 19.7 Å². The molecule has 1 aliphatic rings. The fourth-order valence-electron chi connectivity index (χ4n) is 2.68. The molecule has 1 fully saturated rings. The van der Waals surface area contributed by atoms with Crippen LogP contribution in [0.15, 0.2) is 48.8 Å². The lowest BCUT2D eigenvalue weighted by Gasteiger charge is -2.30. The van der Waals surface area contributed by atoms with Gasteiger partial charge in [0.25, 0.3) is 5.91 Å². The lowest BCUT2D eigenvalue weighted by molar-refractivity contribution is -0.0175. The molecule has 6 nitrogen and oxygen atoms in total. The van der Waals surface area contributed by atoms with Gasteiger partial charge in [-0.25, -0.2) is 0 Å². The Kier molecular flexibility index (Phi) is 5.98. The first-order valence-electron chi connectivity index (χ1n) is 8.41. The summed E-state index contributed by atoms with van der Waals surface area (Å²) >= 11 is 0. The summed E-state index contributed by atoms with van der Waals surface area (Å²) in [5, 5.41) is 2.93. The number of aromatic nitrogens is 1. The summed E-state index contributed by atoms with van der Waals surface area (Å²) in [6, 6.07) is 11.0. The van der Waals surface area contributed by atoms with Crippen molar-refractivity contribution in [3.63, 3.8) is 0 Å². The number of benzene rings is 1. The highest BCUT2D eigenvalue weighted by Crippen LogP contribution is 2.15. The number of likely N-dealkylation sites (N-methyl/N-ethyl adjacent to an activating group) is 1. The number of hydrogen-bond donors (Lipinski definition) is 1. The molecule has 2 aromatic rings. The molecule has 2 heterocycles. The molecule has 0 saturated carbocycles. The quantitative estimate of drug-likeness (QED) is 0.867. The molecule has 1 N–H and O–H groups in total. The van der Waals surface area contributed by atoms with Crippen LogP contribution in [0.3, 0.4) is 0 Å². The van der Waals surface area contributed by atoms with Gasteiger partial charge >= 0.3 is 0 Å². The van der Waals surface area contributed by atoms with Gasteiger partial charge in [-0.3, -0.25) is 9.78 Å². The van der Waals surface area contributed by atoms with E-state index in [-0.39, 0.29) is 12.0 Å². The number of ether oxygens (including phenoxy) is 2. The molecule has 1 aromatic carbocycles. The zero-order chi connectivity index (χ0) is 17.5. The van der Waals surface area contributed by atoms with Crippen molar-refractivity contribution in [3.05, 3.63) is 59.9 Å². The topological polar surface area (TPSA) is 63.7 Å². The van der Waals surface area contributed by atoms with E-state index in [0.717, 1.165) is 18.7 Å². The first-order chi connectivity index (χ1) is 12.2. The zero-order valence-corrected chi connectivity index (χ0v) is 14.4. The van der Waals surface area contributed by atoms with Crippen molar-refractivity contribution in [2.45, 2.75) is 12.7 Å². The van der Waals surface area contributed by atoms with Crippen LogP contribution in [-0.2, 0) is 11.3 Å². The number of carbonyl (C=O) groups is 1. The molecule has 6 heteroatoms. The van der Waals surface area contributed by atoms with Crippen molar-refractivity contribution in [1.29, 1.82) is 0 Å². The molecule has 0 aliphatic carbocycles. The molecule has 1 unspecified atom stereocenters. The molecule has 25 heavy (non-hydrogen) atoms. The normalized spacial score (nSPS) is 17.9. The Morgan fingerprint density at radius 1 is 1.40 bits per heavy atom. The van der Waals surface area contributed by atoms with Crippen LogP contribution in [0, 0.1) is 0 Å². The van der Waals surface area contributed by atoms with Crippen molar-refractivity contribution in [3.8, 4) is 5.75 Å². The van der Waals surface area contributed by atoms with Crippen LogP contribution in [0.5, 0.6) is 5.75 Å². The first kappa shape index (κ1) is 17.4. The summed E-state index contributed by atoms with van der Waals surface area (Å²) in [6.07, 6.45) is 3.52. The Morgan fingerprint density at radius 2 is 2.32 bits per heavy atom. The highest BCUT2D eigenvalue weighted by atomic mass is 16.5. The van der Waals surface area contributed by atoms with Crippen molar-refractivity contribution in [2.24, 2.45) is 0 Å². The number of amides is 1. The average molecular weight is 341 g/mol. The molecule has 0 radical (unpaired) electrons. The van der Waals surface area contributed by atoms with E-state index in [0.29, 0.717) is 31.1 Å². The number of nitrogens with zero attached hydrogens (tertiary/aromatic N) is 2. The number of rotatable bonds is 6. The largest absolute Gasteiger partial charge is 0.489 e. The lowest BCUT2D eigenvalue weighted by atomic mass is 10.2. The molecule has 132 valence electrons. The zero-order valence-electron chi connectivity index (χ0n) is 14.4. The molecule has 1 amide bonds. The number of carbonyl (C=O) groups excluding carboxylic acids is 1. The second-order valence-electron chi connectivity index (χ2n) is 6.14. The average Bonchev–Trinajstić information content (AvgIpc) is 2.65. The predicted molar refractivity (Wildman–Crippen MR) is 94.6 cm³/mol. The molecule has 0 bridgehead atoms. The van der Waals surface area contributed by atoms with Gasteiger partial charge in [0.15, 0.2) is 0 Å². The van der Waals surface area contributed by atoms with Gasteiger partial charge in [-0.2, -0.15) is 0 Å². The maximum Gasteiger partial charge on any atom is 0.251 e. The van der Waals surface area contributed by atoms with Crippen LogP contribution < -0.4 is 10.1 Å². The van der Waals surface area contributed by atoms with Gasteiger partial charge in [0, 0.05) is 43.2 Å². The maximum absolute atomic E-state index is 12.3. The Hall–Kier alpha value is -2.44. The van der Waals surface area contributed by atoms with E-state index in [1.807, 2.05) is 24.3 Å². The smallest absolute Gasteiger partial charge is 0.251 e. The number of hydrogen-bond acceptors (Lipinski definition) is 5. The molecule has 0 spiro atoms. The Balaban J connectivity index is 1.52. The summed E-state index contributed by atoms with van der Waals surface area (Å²) in [7, 11) is 2.06. The summed E-state index contributed by atoms with van der Waals surface area (Å²) in [5.74, 6) is 0.536. The Labute approximate surface area is 147 Å². The summed E-state index contributed by atoms with van der Waals surface area (Å²) in [4.78, 5) is 18.6. The molecule has 1 aromatic heterocycles. The third-order valence-electron chi connectivity index (χ3n) is 4.06. The van der Waals surface area contributed by atoms with E-state index < -0.39 is 0 Å². The summed E-state index contributed by atoms with van der Waals surface area (Å²) < 4.78 is 11.4. The molecular weight excluding hydrogens is 318 g/mol. The van der Waals surface area contributed by atoms with Crippen molar-refractivity contribution in [1.82, 2.24) is 15.2 Å². The number of pyridine rings is 1. The summed E-state index contributed by atoms with van der Waals surface area (Å²) in [6.45, 7) is 3.38. The highest BCUT2D eigenvalue weighted by molar-refractivity contribution is 5.94. The molecule has 1 saturated heterocycles. The van der Waals surface area contributed by atoms with Crippen molar-refractivity contribution in [2.75, 3.05) is 33.3 Å². The van der Waals surface area contributed by atoms with Gasteiger partial charge in [-0.1, -0.05) is 12.1 Å². The monoisotopic (exact) mass is 341 g/mol. The molecular formula is C19H23N3O3. The van der Waals surface area contributed by atoms with E-state index in [2.05, 4.69) is 22.2 Å². The number of nitrogens with one attached hydrogen (secondary N) is 1. The minimum atomic E-state index is -0.122. The van der Waals surface area contributed by atoms with Gasteiger partial charge in [0.05, 0.1) is 12.7 Å². The maximum atomic E-state index is 12.3.